The van der Waals surface area contributed by atoms with E-state index in [1.807, 2.05) is 42.5 Å². The second-order valence-electron chi connectivity index (χ2n) is 7.91. The summed E-state index contributed by atoms with van der Waals surface area (Å²) in [7, 11) is 3.57. The Morgan fingerprint density at radius 3 is 2.56 bits per heavy atom. The van der Waals surface area contributed by atoms with Crippen LogP contribution in [0.4, 0.5) is 11.4 Å². The first-order valence-electron chi connectivity index (χ1n) is 10.4. The zero-order valence-corrected chi connectivity index (χ0v) is 19.4. The molecule has 0 radical (unpaired) electrons. The van der Waals surface area contributed by atoms with E-state index in [1.54, 1.807) is 6.20 Å². The summed E-state index contributed by atoms with van der Waals surface area (Å²) in [6.45, 7) is 4.25. The van der Waals surface area contributed by atoms with Gasteiger partial charge < -0.3 is 24.8 Å². The highest BCUT2D eigenvalue weighted by Gasteiger charge is 2.42. The quantitative estimate of drug-likeness (QED) is 0.558. The number of benzene rings is 1. The highest BCUT2D eigenvalue weighted by molar-refractivity contribution is 7.80. The van der Waals surface area contributed by atoms with E-state index in [1.165, 1.54) is 24.1 Å². The molecule has 1 aromatic carbocycles. The van der Waals surface area contributed by atoms with Gasteiger partial charge in [-0.2, -0.15) is 0 Å². The molecule has 4 rings (SSSR count). The normalized spacial score (nSPS) is 18.0. The number of hydrogen-bond donors (Lipinski definition) is 2. The van der Waals surface area contributed by atoms with E-state index in [0.717, 1.165) is 11.4 Å². The molecule has 2 atom stereocenters. The fraction of sp³-hybridized carbons (Fsp3) is 0.292. The van der Waals surface area contributed by atoms with Crippen LogP contribution in [0.2, 0.25) is 0 Å². The maximum atomic E-state index is 11.8. The number of ether oxygens (including phenoxy) is 1. The van der Waals surface area contributed by atoms with Gasteiger partial charge in [-0.15, -0.1) is 0 Å². The number of pyridine rings is 1. The predicted molar refractivity (Wildman–Crippen MR) is 130 cm³/mol. The second kappa shape index (κ2) is 9.10. The summed E-state index contributed by atoms with van der Waals surface area (Å²) in [5.74, 6) is -0.193. The number of nitrogens with one attached hydrogen (secondary N) is 2. The first-order chi connectivity index (χ1) is 15.4. The van der Waals surface area contributed by atoms with Gasteiger partial charge in [-0.05, 0) is 74.1 Å². The standard InChI is InChI=1S/C24H27N5O2S/c1-15-13-19(16(2)28(15)3)23-22(20-7-5-6-12-25-20)27-24(32)29(23)18-10-8-17(9-11-18)26-21(30)14-31-4/h5-13,22-23H,14H2,1-4H3,(H,26,30)(H,27,32)/t22-,23+/m1/s1. The summed E-state index contributed by atoms with van der Waals surface area (Å²) < 4.78 is 7.07. The van der Waals surface area contributed by atoms with E-state index >= 15 is 0 Å². The lowest BCUT2D eigenvalue weighted by molar-refractivity contribution is -0.119. The van der Waals surface area contributed by atoms with Crippen molar-refractivity contribution in [3.8, 4) is 0 Å². The van der Waals surface area contributed by atoms with Crippen molar-refractivity contribution in [2.45, 2.75) is 25.9 Å². The van der Waals surface area contributed by atoms with Gasteiger partial charge in [-0.3, -0.25) is 9.78 Å². The van der Waals surface area contributed by atoms with Crippen LogP contribution in [0.3, 0.4) is 0 Å². The van der Waals surface area contributed by atoms with Gasteiger partial charge in [0, 0.05) is 43.1 Å². The van der Waals surface area contributed by atoms with Crippen LogP contribution in [-0.2, 0) is 16.6 Å². The third-order valence-corrected chi connectivity index (χ3v) is 6.25. The van der Waals surface area contributed by atoms with Gasteiger partial charge in [0.05, 0.1) is 17.8 Å². The minimum Gasteiger partial charge on any atom is -0.375 e. The van der Waals surface area contributed by atoms with E-state index in [0.29, 0.717) is 10.8 Å². The number of rotatable bonds is 6. The van der Waals surface area contributed by atoms with Gasteiger partial charge in [0.1, 0.15) is 6.61 Å². The summed E-state index contributed by atoms with van der Waals surface area (Å²) in [6.07, 6.45) is 1.81. The monoisotopic (exact) mass is 449 g/mol. The topological polar surface area (TPSA) is 71.4 Å². The van der Waals surface area contributed by atoms with E-state index in [9.17, 15) is 4.79 Å². The van der Waals surface area contributed by atoms with Crippen molar-refractivity contribution in [3.05, 3.63) is 77.4 Å². The lowest BCUT2D eigenvalue weighted by Crippen LogP contribution is -2.29. The van der Waals surface area contributed by atoms with Crippen LogP contribution in [0.5, 0.6) is 0 Å². The van der Waals surface area contributed by atoms with Gasteiger partial charge in [-0.25, -0.2) is 0 Å². The highest BCUT2D eigenvalue weighted by Crippen LogP contribution is 2.43. The number of carbonyl (C=O) groups is 1. The predicted octanol–water partition coefficient (Wildman–Crippen LogP) is 3.80. The largest absolute Gasteiger partial charge is 0.375 e. The number of carbonyl (C=O) groups excluding carboxylic acids is 1. The Kier molecular flexibility index (Phi) is 6.25. The van der Waals surface area contributed by atoms with E-state index in [2.05, 4.69) is 52.0 Å². The molecule has 3 aromatic rings. The van der Waals surface area contributed by atoms with Crippen molar-refractivity contribution in [1.29, 1.82) is 0 Å². The third kappa shape index (κ3) is 4.11. The Labute approximate surface area is 193 Å². The van der Waals surface area contributed by atoms with Crippen LogP contribution in [0, 0.1) is 13.8 Å². The van der Waals surface area contributed by atoms with Gasteiger partial charge in [0.2, 0.25) is 5.91 Å². The molecule has 0 spiro atoms. The van der Waals surface area contributed by atoms with E-state index < -0.39 is 0 Å². The van der Waals surface area contributed by atoms with Crippen LogP contribution in [-0.4, -0.2) is 34.3 Å². The molecule has 0 bridgehead atoms. The number of amides is 1. The highest BCUT2D eigenvalue weighted by atomic mass is 32.1. The molecule has 2 aromatic heterocycles. The molecule has 166 valence electrons. The van der Waals surface area contributed by atoms with Gasteiger partial charge >= 0.3 is 0 Å². The summed E-state index contributed by atoms with van der Waals surface area (Å²) in [5.41, 5.74) is 6.16. The third-order valence-electron chi connectivity index (χ3n) is 5.94. The van der Waals surface area contributed by atoms with Crippen LogP contribution >= 0.6 is 12.2 Å². The minimum atomic E-state index is -0.193. The minimum absolute atomic E-state index is 0.0162. The molecule has 1 aliphatic heterocycles. The van der Waals surface area contributed by atoms with Crippen molar-refractivity contribution in [2.24, 2.45) is 7.05 Å². The Morgan fingerprint density at radius 2 is 1.97 bits per heavy atom. The number of hydrogen-bond acceptors (Lipinski definition) is 4. The SMILES string of the molecule is COCC(=O)Nc1ccc(N2C(=S)N[C@H](c3ccccn3)[C@@H]2c2cc(C)n(C)c2C)cc1. The fourth-order valence-electron chi connectivity index (χ4n) is 4.17. The van der Waals surface area contributed by atoms with Gasteiger partial charge in [0.15, 0.2) is 5.11 Å². The van der Waals surface area contributed by atoms with Crippen LogP contribution in [0.1, 0.15) is 34.7 Å². The van der Waals surface area contributed by atoms with Crippen LogP contribution in [0.15, 0.2) is 54.7 Å². The number of thiocarbonyl (C=S) groups is 1. The molecular formula is C24H27N5O2S. The van der Waals surface area contributed by atoms with Crippen molar-refractivity contribution in [3.63, 3.8) is 0 Å². The molecule has 1 saturated heterocycles. The fourth-order valence-corrected chi connectivity index (χ4v) is 4.51. The molecule has 1 amide bonds. The van der Waals surface area contributed by atoms with E-state index in [4.69, 9.17) is 17.0 Å². The Hall–Kier alpha value is -3.23. The Morgan fingerprint density at radius 1 is 1.22 bits per heavy atom. The van der Waals surface area contributed by atoms with Crippen LogP contribution < -0.4 is 15.5 Å². The zero-order chi connectivity index (χ0) is 22.8. The molecule has 7 nitrogen and oxygen atoms in total. The zero-order valence-electron chi connectivity index (χ0n) is 18.6. The summed E-state index contributed by atoms with van der Waals surface area (Å²) in [5, 5.41) is 6.95. The second-order valence-corrected chi connectivity index (χ2v) is 8.30. The molecule has 1 aliphatic rings. The van der Waals surface area contributed by atoms with Crippen molar-refractivity contribution in [2.75, 3.05) is 23.9 Å². The molecule has 32 heavy (non-hydrogen) atoms. The average molecular weight is 450 g/mol. The molecule has 0 saturated carbocycles. The Balaban J connectivity index is 1.73. The molecule has 8 heteroatoms. The first kappa shape index (κ1) is 22.0. The van der Waals surface area contributed by atoms with E-state index in [-0.39, 0.29) is 24.6 Å². The number of anilines is 2. The molecule has 0 unspecified atom stereocenters. The maximum absolute atomic E-state index is 11.8. The summed E-state index contributed by atoms with van der Waals surface area (Å²) >= 11 is 5.79. The van der Waals surface area contributed by atoms with Crippen molar-refractivity contribution >= 4 is 34.6 Å². The van der Waals surface area contributed by atoms with Crippen molar-refractivity contribution in [1.82, 2.24) is 14.9 Å². The Bertz CT molecular complexity index is 1130. The number of aryl methyl sites for hydroxylation is 1. The van der Waals surface area contributed by atoms with Crippen LogP contribution in [0.25, 0.3) is 0 Å². The van der Waals surface area contributed by atoms with Crippen molar-refractivity contribution < 1.29 is 9.53 Å². The van der Waals surface area contributed by atoms with Gasteiger partial charge in [0.25, 0.3) is 0 Å². The molecule has 1 fully saturated rings. The molecule has 2 N–H and O–H groups in total. The average Bonchev–Trinajstić information content (AvgIpc) is 3.26. The number of nitrogens with zero attached hydrogens (tertiary/aromatic N) is 3. The smallest absolute Gasteiger partial charge is 0.250 e. The molecule has 3 heterocycles. The first-order valence-corrected chi connectivity index (χ1v) is 10.8. The summed E-state index contributed by atoms with van der Waals surface area (Å²) in [4.78, 5) is 18.6. The van der Waals surface area contributed by atoms with Gasteiger partial charge in [-0.1, -0.05) is 6.07 Å². The summed E-state index contributed by atoms with van der Waals surface area (Å²) in [6, 6.07) is 15.7. The number of methoxy groups -OCH3 is 1. The lowest BCUT2D eigenvalue weighted by atomic mass is 9.96. The lowest BCUT2D eigenvalue weighted by Gasteiger charge is -2.28. The number of aromatic nitrogens is 2. The molecule has 0 aliphatic carbocycles. The maximum Gasteiger partial charge on any atom is 0.250 e. The molecular weight excluding hydrogens is 422 g/mol.